The van der Waals surface area contributed by atoms with E-state index in [-0.39, 0.29) is 5.91 Å². The van der Waals surface area contributed by atoms with Crippen molar-refractivity contribution in [3.8, 4) is 0 Å². The van der Waals surface area contributed by atoms with E-state index in [0.717, 1.165) is 11.3 Å². The van der Waals surface area contributed by atoms with Crippen LogP contribution in [0, 0.1) is 13.8 Å². The predicted molar refractivity (Wildman–Crippen MR) is 72.5 cm³/mol. The Bertz CT molecular complexity index is 593. The van der Waals surface area contributed by atoms with Crippen LogP contribution in [0.5, 0.6) is 0 Å². The van der Waals surface area contributed by atoms with Crippen LogP contribution in [0.3, 0.4) is 0 Å². The molecule has 0 bridgehead atoms. The van der Waals surface area contributed by atoms with E-state index in [1.807, 2.05) is 26.0 Å². The first-order chi connectivity index (χ1) is 8.58. The van der Waals surface area contributed by atoms with Gasteiger partial charge in [0.05, 0.1) is 0 Å². The Balaban J connectivity index is 2.25. The van der Waals surface area contributed by atoms with Gasteiger partial charge in [-0.25, -0.2) is 4.98 Å². The van der Waals surface area contributed by atoms with Crippen molar-refractivity contribution in [1.82, 2.24) is 4.98 Å². The quantitative estimate of drug-likeness (QED) is 0.794. The molecule has 0 saturated heterocycles. The molecule has 4 heteroatoms. The summed E-state index contributed by atoms with van der Waals surface area (Å²) >= 11 is 0. The molecule has 18 heavy (non-hydrogen) atoms. The summed E-state index contributed by atoms with van der Waals surface area (Å²) in [7, 11) is 0. The summed E-state index contributed by atoms with van der Waals surface area (Å²) in [5, 5.41) is 2.76. The second-order valence-corrected chi connectivity index (χ2v) is 4.14. The highest BCUT2D eigenvalue weighted by Gasteiger charge is 2.11. The maximum absolute atomic E-state index is 12.1. The van der Waals surface area contributed by atoms with E-state index in [4.69, 9.17) is 5.73 Å². The number of carbonyl (C=O) groups is 1. The van der Waals surface area contributed by atoms with Crippen LogP contribution in [0.1, 0.15) is 21.6 Å². The van der Waals surface area contributed by atoms with Crippen molar-refractivity contribution in [2.24, 2.45) is 0 Å². The summed E-state index contributed by atoms with van der Waals surface area (Å²) in [6.07, 6.45) is 0. The van der Waals surface area contributed by atoms with Gasteiger partial charge in [0.25, 0.3) is 5.91 Å². The number of aromatic nitrogens is 1. The number of anilines is 2. The highest BCUT2D eigenvalue weighted by Crippen LogP contribution is 2.16. The molecule has 1 amide bonds. The Labute approximate surface area is 106 Å². The Hall–Kier alpha value is -2.36. The molecule has 2 rings (SSSR count). The fourth-order valence-electron chi connectivity index (χ4n) is 1.70. The molecule has 0 aliphatic rings. The summed E-state index contributed by atoms with van der Waals surface area (Å²) in [6, 6.07) is 10.8. The molecule has 0 aliphatic carbocycles. The number of hydrogen-bond donors (Lipinski definition) is 2. The summed E-state index contributed by atoms with van der Waals surface area (Å²) in [4.78, 5) is 16.3. The van der Waals surface area contributed by atoms with Crippen LogP contribution >= 0.6 is 0 Å². The maximum Gasteiger partial charge on any atom is 0.257 e. The van der Waals surface area contributed by atoms with Crippen molar-refractivity contribution in [2.75, 3.05) is 11.1 Å². The minimum atomic E-state index is -0.196. The van der Waals surface area contributed by atoms with Crippen LogP contribution < -0.4 is 11.1 Å². The number of nitrogens with zero attached hydrogens (tertiary/aromatic N) is 1. The van der Waals surface area contributed by atoms with E-state index in [1.165, 1.54) is 0 Å². The number of nitrogens with two attached hydrogens (primary N) is 1. The van der Waals surface area contributed by atoms with Crippen molar-refractivity contribution in [3.63, 3.8) is 0 Å². The molecule has 0 aliphatic heterocycles. The van der Waals surface area contributed by atoms with Gasteiger partial charge >= 0.3 is 0 Å². The predicted octanol–water partition coefficient (Wildman–Crippen LogP) is 2.53. The number of nitrogens with one attached hydrogen (secondary N) is 1. The molecule has 0 spiro atoms. The fourth-order valence-corrected chi connectivity index (χ4v) is 1.70. The lowest BCUT2D eigenvalue weighted by molar-refractivity contribution is 0.102. The van der Waals surface area contributed by atoms with Crippen LogP contribution in [-0.4, -0.2) is 10.9 Å². The molecule has 3 N–H and O–H groups in total. The Kier molecular flexibility index (Phi) is 3.28. The molecular formula is C14H15N3O. The normalized spacial score (nSPS) is 10.1. The van der Waals surface area contributed by atoms with Gasteiger partial charge in [-0.3, -0.25) is 4.79 Å². The Morgan fingerprint density at radius 3 is 2.61 bits per heavy atom. The summed E-state index contributed by atoms with van der Waals surface area (Å²) in [5.41, 5.74) is 8.60. The van der Waals surface area contributed by atoms with Gasteiger partial charge in [-0.1, -0.05) is 12.1 Å². The maximum atomic E-state index is 12.1. The third kappa shape index (κ3) is 2.48. The van der Waals surface area contributed by atoms with Gasteiger partial charge in [-0.2, -0.15) is 0 Å². The molecular weight excluding hydrogens is 226 g/mol. The lowest BCUT2D eigenvalue weighted by atomic mass is 10.1. The zero-order valence-corrected chi connectivity index (χ0v) is 10.4. The minimum absolute atomic E-state index is 0.196. The van der Waals surface area contributed by atoms with Crippen LogP contribution in [-0.2, 0) is 0 Å². The van der Waals surface area contributed by atoms with Gasteiger partial charge in [0.15, 0.2) is 0 Å². The first-order valence-electron chi connectivity index (χ1n) is 5.68. The molecule has 1 aromatic carbocycles. The monoisotopic (exact) mass is 241 g/mol. The molecule has 92 valence electrons. The van der Waals surface area contributed by atoms with E-state index in [2.05, 4.69) is 10.3 Å². The lowest BCUT2D eigenvalue weighted by Crippen LogP contribution is -2.15. The first-order valence-corrected chi connectivity index (χ1v) is 5.68. The molecule has 4 nitrogen and oxygen atoms in total. The second kappa shape index (κ2) is 4.87. The number of pyridine rings is 1. The van der Waals surface area contributed by atoms with E-state index in [1.54, 1.807) is 24.3 Å². The van der Waals surface area contributed by atoms with Crippen LogP contribution in [0.15, 0.2) is 36.4 Å². The first kappa shape index (κ1) is 12.1. The van der Waals surface area contributed by atoms with Crippen molar-refractivity contribution < 1.29 is 4.79 Å². The third-order valence-corrected chi connectivity index (χ3v) is 2.75. The number of carbonyl (C=O) groups excluding carboxylic acids is 1. The summed E-state index contributed by atoms with van der Waals surface area (Å²) in [5.74, 6) is 0.347. The highest BCUT2D eigenvalue weighted by atomic mass is 16.1. The number of amides is 1. The zero-order valence-electron chi connectivity index (χ0n) is 10.4. The largest absolute Gasteiger partial charge is 0.398 e. The average molecular weight is 241 g/mol. The fraction of sp³-hybridized carbons (Fsp3) is 0.143. The number of benzene rings is 1. The molecule has 0 saturated carbocycles. The molecule has 0 unspecified atom stereocenters. The van der Waals surface area contributed by atoms with Crippen LogP contribution in [0.25, 0.3) is 0 Å². The van der Waals surface area contributed by atoms with Gasteiger partial charge in [0.2, 0.25) is 0 Å². The van der Waals surface area contributed by atoms with Crippen molar-refractivity contribution in [3.05, 3.63) is 53.2 Å². The van der Waals surface area contributed by atoms with E-state index in [0.29, 0.717) is 17.1 Å². The summed E-state index contributed by atoms with van der Waals surface area (Å²) < 4.78 is 0. The van der Waals surface area contributed by atoms with E-state index >= 15 is 0 Å². The summed E-state index contributed by atoms with van der Waals surface area (Å²) in [6.45, 7) is 3.70. The molecule has 0 radical (unpaired) electrons. The van der Waals surface area contributed by atoms with Crippen molar-refractivity contribution >= 4 is 17.4 Å². The number of rotatable bonds is 2. The third-order valence-electron chi connectivity index (χ3n) is 2.75. The van der Waals surface area contributed by atoms with Crippen molar-refractivity contribution in [2.45, 2.75) is 13.8 Å². The molecule has 1 aromatic heterocycles. The second-order valence-electron chi connectivity index (χ2n) is 4.14. The molecule has 0 atom stereocenters. The minimum Gasteiger partial charge on any atom is -0.398 e. The van der Waals surface area contributed by atoms with Gasteiger partial charge in [0, 0.05) is 16.9 Å². The lowest BCUT2D eigenvalue weighted by Gasteiger charge is -2.09. The van der Waals surface area contributed by atoms with E-state index < -0.39 is 0 Å². The topological polar surface area (TPSA) is 68.0 Å². The van der Waals surface area contributed by atoms with Crippen LogP contribution in [0.2, 0.25) is 0 Å². The number of hydrogen-bond acceptors (Lipinski definition) is 3. The van der Waals surface area contributed by atoms with Crippen molar-refractivity contribution in [1.29, 1.82) is 0 Å². The number of nitrogen functional groups attached to an aromatic ring is 1. The average Bonchev–Trinajstić information content (AvgIpc) is 2.32. The molecule has 0 fully saturated rings. The smallest absolute Gasteiger partial charge is 0.257 e. The van der Waals surface area contributed by atoms with Crippen LogP contribution in [0.4, 0.5) is 11.5 Å². The molecule has 1 heterocycles. The Morgan fingerprint density at radius 2 is 1.89 bits per heavy atom. The van der Waals surface area contributed by atoms with Gasteiger partial charge in [0.1, 0.15) is 5.82 Å². The standard InChI is InChI=1S/C14H15N3O/c1-9-5-3-8-13(16-9)17-14(18)11-6-4-7-12(15)10(11)2/h3-8H,15H2,1-2H3,(H,16,17,18). The number of aryl methyl sites for hydroxylation is 1. The van der Waals surface area contributed by atoms with Gasteiger partial charge < -0.3 is 11.1 Å². The zero-order chi connectivity index (χ0) is 13.1. The van der Waals surface area contributed by atoms with E-state index in [9.17, 15) is 4.79 Å². The SMILES string of the molecule is Cc1cccc(NC(=O)c2cccc(N)c2C)n1. The van der Waals surface area contributed by atoms with Gasteiger partial charge in [-0.05, 0) is 43.7 Å². The Morgan fingerprint density at radius 1 is 1.17 bits per heavy atom. The highest BCUT2D eigenvalue weighted by molar-refractivity contribution is 6.05. The molecule has 2 aromatic rings. The van der Waals surface area contributed by atoms with Gasteiger partial charge in [-0.15, -0.1) is 0 Å².